The van der Waals surface area contributed by atoms with Crippen LogP contribution in [0.4, 0.5) is 4.79 Å². The summed E-state index contributed by atoms with van der Waals surface area (Å²) in [5.74, 6) is 0.0729. The van der Waals surface area contributed by atoms with Gasteiger partial charge in [0.05, 0.1) is 6.42 Å². The number of primary amides is 1. The normalized spacial score (nSPS) is 18.3. The number of nitrogens with one attached hydrogen (secondary N) is 1. The fourth-order valence-electron chi connectivity index (χ4n) is 1.05. The third-order valence-electron chi connectivity index (χ3n) is 2.00. The standard InChI is InChI=1S/C8H12N4O2.HI/c1-5-7(13)6(3-4-12(5)2)10-11-8(9)14;/h4H,3H2,1-2H3,(H3-,9,11,13,14);1H. The van der Waals surface area contributed by atoms with Crippen molar-refractivity contribution in [3.8, 4) is 0 Å². The minimum atomic E-state index is -0.748. The van der Waals surface area contributed by atoms with Crippen LogP contribution < -0.4 is 35.1 Å². The maximum Gasteiger partial charge on any atom is 0.332 e. The molecule has 0 atom stereocenters. The van der Waals surface area contributed by atoms with Crippen LogP contribution in [-0.4, -0.2) is 34.7 Å². The summed E-state index contributed by atoms with van der Waals surface area (Å²) < 4.78 is 1.79. The number of urea groups is 1. The number of amides is 2. The molecular weight excluding hydrogens is 311 g/mol. The van der Waals surface area contributed by atoms with Crippen LogP contribution in [-0.2, 0) is 0 Å². The van der Waals surface area contributed by atoms with Gasteiger partial charge in [-0.25, -0.2) is 14.8 Å². The molecule has 1 rings (SSSR count). The number of nitrogens with two attached hydrogens (primary N) is 1. The number of hydrazone groups is 1. The topological polar surface area (TPSA) is 90.7 Å². The highest BCUT2D eigenvalue weighted by Gasteiger charge is 2.21. The predicted molar refractivity (Wildman–Crippen MR) is 52.3 cm³/mol. The molecule has 0 fully saturated rings. The van der Waals surface area contributed by atoms with Gasteiger partial charge in [0.15, 0.2) is 6.21 Å². The largest absolute Gasteiger partial charge is 1.00 e. The van der Waals surface area contributed by atoms with Gasteiger partial charge >= 0.3 is 6.03 Å². The molecule has 84 valence electrons. The van der Waals surface area contributed by atoms with Crippen molar-refractivity contribution in [2.24, 2.45) is 10.8 Å². The average molecular weight is 324 g/mol. The van der Waals surface area contributed by atoms with E-state index in [9.17, 15) is 9.90 Å². The lowest BCUT2D eigenvalue weighted by molar-refractivity contribution is -0.442. The Kier molecular flexibility index (Phi) is 5.26. The molecule has 0 spiro atoms. The molecule has 0 aliphatic carbocycles. The van der Waals surface area contributed by atoms with Crippen LogP contribution in [0.15, 0.2) is 16.6 Å². The van der Waals surface area contributed by atoms with Gasteiger partial charge in [-0.15, -0.1) is 0 Å². The van der Waals surface area contributed by atoms with Crippen LogP contribution in [0.25, 0.3) is 0 Å². The Hall–Kier alpha value is -1.12. The summed E-state index contributed by atoms with van der Waals surface area (Å²) in [6.07, 6.45) is 2.30. The third-order valence-corrected chi connectivity index (χ3v) is 2.00. The number of carbonyl (C=O) groups is 1. The van der Waals surface area contributed by atoms with Gasteiger partial charge in [-0.05, 0) is 0 Å². The summed E-state index contributed by atoms with van der Waals surface area (Å²) in [5, 5.41) is 13.3. The smallest absolute Gasteiger partial charge is 0.332 e. The number of nitrogens with zero attached hydrogens (tertiary/aromatic N) is 2. The van der Waals surface area contributed by atoms with Crippen LogP contribution in [0.2, 0.25) is 0 Å². The Bertz CT molecular complexity index is 360. The van der Waals surface area contributed by atoms with E-state index in [1.54, 1.807) is 11.5 Å². The van der Waals surface area contributed by atoms with Crippen molar-refractivity contribution in [1.29, 1.82) is 0 Å². The molecule has 0 saturated heterocycles. The number of halogens is 1. The Morgan fingerprint density at radius 1 is 1.73 bits per heavy atom. The van der Waals surface area contributed by atoms with E-state index in [-0.39, 0.29) is 29.7 Å². The molecule has 0 radical (unpaired) electrons. The number of hydrogen-bond acceptors (Lipinski definition) is 3. The molecule has 6 nitrogen and oxygen atoms in total. The summed E-state index contributed by atoms with van der Waals surface area (Å²) in [6, 6.07) is -0.748. The molecule has 1 aliphatic heterocycles. The molecule has 1 aliphatic rings. The van der Waals surface area contributed by atoms with Crippen molar-refractivity contribution in [1.82, 2.24) is 5.43 Å². The fraction of sp³-hybridized carbons (Fsp3) is 0.375. The first-order chi connectivity index (χ1) is 6.52. The van der Waals surface area contributed by atoms with E-state index in [1.807, 2.05) is 13.3 Å². The van der Waals surface area contributed by atoms with E-state index >= 15 is 0 Å². The van der Waals surface area contributed by atoms with E-state index in [1.165, 1.54) is 0 Å². The first kappa shape index (κ1) is 13.9. The minimum absolute atomic E-state index is 0. The zero-order valence-electron chi connectivity index (χ0n) is 8.49. The lowest BCUT2D eigenvalue weighted by Gasteiger charge is -2.08. The van der Waals surface area contributed by atoms with E-state index in [4.69, 9.17) is 5.73 Å². The zero-order chi connectivity index (χ0) is 10.7. The highest BCUT2D eigenvalue weighted by Crippen LogP contribution is 2.09. The van der Waals surface area contributed by atoms with E-state index in [2.05, 4.69) is 10.5 Å². The molecule has 7 heteroatoms. The van der Waals surface area contributed by atoms with Gasteiger partial charge < -0.3 is 34.8 Å². The molecule has 0 aromatic carbocycles. The SMILES string of the molecule is CC1=C(O)C(=NNC(N)=O)CC=[N+]1C.[I-]. The predicted octanol–water partition coefficient (Wildman–Crippen LogP) is -3.08. The van der Waals surface area contributed by atoms with Gasteiger partial charge in [0.2, 0.25) is 11.5 Å². The van der Waals surface area contributed by atoms with Crippen molar-refractivity contribution in [2.45, 2.75) is 13.3 Å². The maximum atomic E-state index is 10.4. The first-order valence-corrected chi connectivity index (χ1v) is 4.10. The Morgan fingerprint density at radius 3 is 2.87 bits per heavy atom. The summed E-state index contributed by atoms with van der Waals surface area (Å²) in [5.41, 5.74) is 8.00. The molecule has 4 N–H and O–H groups in total. The molecule has 0 bridgehead atoms. The minimum Gasteiger partial charge on any atom is -1.00 e. The van der Waals surface area contributed by atoms with E-state index < -0.39 is 6.03 Å². The van der Waals surface area contributed by atoms with Crippen LogP contribution in [0.1, 0.15) is 13.3 Å². The molecule has 0 unspecified atom stereocenters. The quantitative estimate of drug-likeness (QED) is 0.271. The molecule has 2 amide bonds. The first-order valence-electron chi connectivity index (χ1n) is 4.10. The zero-order valence-corrected chi connectivity index (χ0v) is 10.6. The number of hydrogen-bond donors (Lipinski definition) is 3. The lowest BCUT2D eigenvalue weighted by atomic mass is 10.1. The number of aliphatic hydroxyl groups excluding tert-OH is 1. The van der Waals surface area contributed by atoms with Gasteiger partial charge in [0.1, 0.15) is 12.8 Å². The Labute approximate surface area is 105 Å². The Morgan fingerprint density at radius 2 is 2.33 bits per heavy atom. The van der Waals surface area contributed by atoms with Crippen molar-refractivity contribution in [2.75, 3.05) is 7.05 Å². The monoisotopic (exact) mass is 324 g/mol. The maximum absolute atomic E-state index is 10.4. The molecule has 0 aromatic rings. The average Bonchev–Trinajstić information content (AvgIpc) is 2.13. The van der Waals surface area contributed by atoms with Gasteiger partial charge in [-0.2, -0.15) is 5.10 Å². The van der Waals surface area contributed by atoms with Crippen molar-refractivity contribution < 1.29 is 38.5 Å². The van der Waals surface area contributed by atoms with Crippen molar-refractivity contribution in [3.63, 3.8) is 0 Å². The Balaban J connectivity index is 0.00000196. The van der Waals surface area contributed by atoms with Crippen LogP contribution in [0.5, 0.6) is 0 Å². The van der Waals surface area contributed by atoms with Crippen molar-refractivity contribution >= 4 is 18.0 Å². The molecular formula is C8H13IN4O2. The molecule has 0 saturated carbocycles. The molecule has 15 heavy (non-hydrogen) atoms. The summed E-state index contributed by atoms with van der Waals surface area (Å²) in [4.78, 5) is 10.4. The summed E-state index contributed by atoms with van der Waals surface area (Å²) in [6.45, 7) is 1.75. The van der Waals surface area contributed by atoms with Gasteiger partial charge in [-0.1, -0.05) is 0 Å². The fourth-order valence-corrected chi connectivity index (χ4v) is 1.05. The van der Waals surface area contributed by atoms with Gasteiger partial charge in [0, 0.05) is 6.92 Å². The lowest BCUT2D eigenvalue weighted by Crippen LogP contribution is -3.00. The second kappa shape index (κ2) is 5.69. The second-order valence-electron chi connectivity index (χ2n) is 2.97. The number of carbonyl (C=O) groups excluding carboxylic acids is 1. The van der Waals surface area contributed by atoms with Crippen LogP contribution in [0.3, 0.4) is 0 Å². The molecule has 1 heterocycles. The van der Waals surface area contributed by atoms with Gasteiger partial charge in [0.25, 0.3) is 0 Å². The van der Waals surface area contributed by atoms with E-state index in [0.29, 0.717) is 17.8 Å². The van der Waals surface area contributed by atoms with Crippen LogP contribution >= 0.6 is 0 Å². The van der Waals surface area contributed by atoms with E-state index in [0.717, 1.165) is 0 Å². The highest BCUT2D eigenvalue weighted by atomic mass is 127. The number of aliphatic hydroxyl groups is 1. The number of allylic oxidation sites excluding steroid dienone is 2. The second-order valence-corrected chi connectivity index (χ2v) is 2.97. The third kappa shape index (κ3) is 3.50. The van der Waals surface area contributed by atoms with Crippen LogP contribution in [0, 0.1) is 0 Å². The van der Waals surface area contributed by atoms with Gasteiger partial charge in [-0.3, -0.25) is 0 Å². The summed E-state index contributed by atoms with van der Waals surface area (Å²) >= 11 is 0. The highest BCUT2D eigenvalue weighted by molar-refractivity contribution is 6.06. The van der Waals surface area contributed by atoms with Crippen molar-refractivity contribution in [3.05, 3.63) is 11.5 Å². The summed E-state index contributed by atoms with van der Waals surface area (Å²) in [7, 11) is 1.82. The number of rotatable bonds is 1. The molecule has 0 aromatic heterocycles.